The number of hydrogen-bond donors (Lipinski definition) is 2. The molecule has 0 unspecified atom stereocenters. The van der Waals surface area contributed by atoms with Gasteiger partial charge in [-0.1, -0.05) is 12.1 Å². The number of aromatic nitrogens is 1. The first-order chi connectivity index (χ1) is 7.68. The molecule has 0 bridgehead atoms. The van der Waals surface area contributed by atoms with E-state index in [9.17, 15) is 4.39 Å². The van der Waals surface area contributed by atoms with E-state index < -0.39 is 5.82 Å². The summed E-state index contributed by atoms with van der Waals surface area (Å²) in [5.41, 5.74) is 6.70. The average molecular weight is 215 g/mol. The fourth-order valence-electron chi connectivity index (χ4n) is 1.43. The molecular formula is C12H10FN3. The lowest BCUT2D eigenvalue weighted by Crippen LogP contribution is -2.13. The minimum absolute atomic E-state index is 0.111. The Morgan fingerprint density at radius 3 is 2.62 bits per heavy atom. The van der Waals surface area contributed by atoms with Crippen LogP contribution in [0.25, 0.3) is 11.3 Å². The average Bonchev–Trinajstić information content (AvgIpc) is 2.29. The van der Waals surface area contributed by atoms with E-state index in [1.165, 1.54) is 12.1 Å². The maximum absolute atomic E-state index is 13.5. The molecule has 16 heavy (non-hydrogen) atoms. The van der Waals surface area contributed by atoms with Crippen LogP contribution in [0, 0.1) is 11.2 Å². The van der Waals surface area contributed by atoms with Gasteiger partial charge in [0.25, 0.3) is 0 Å². The molecule has 1 aromatic carbocycles. The van der Waals surface area contributed by atoms with E-state index in [0.29, 0.717) is 11.3 Å². The zero-order valence-corrected chi connectivity index (χ0v) is 8.44. The Hall–Kier alpha value is -2.23. The fourth-order valence-corrected chi connectivity index (χ4v) is 1.43. The van der Waals surface area contributed by atoms with Crippen molar-refractivity contribution in [2.45, 2.75) is 0 Å². The molecule has 0 aliphatic carbocycles. The number of nitrogens with two attached hydrogens (primary N) is 1. The first-order valence-corrected chi connectivity index (χ1v) is 4.74. The molecule has 1 aromatic heterocycles. The van der Waals surface area contributed by atoms with Crippen molar-refractivity contribution in [1.82, 2.24) is 4.98 Å². The number of nitrogens with one attached hydrogen (secondary N) is 1. The zero-order valence-electron chi connectivity index (χ0n) is 8.44. The zero-order chi connectivity index (χ0) is 11.5. The van der Waals surface area contributed by atoms with Crippen molar-refractivity contribution in [3.63, 3.8) is 0 Å². The highest BCUT2D eigenvalue weighted by Crippen LogP contribution is 2.19. The van der Waals surface area contributed by atoms with Crippen molar-refractivity contribution in [1.29, 1.82) is 5.41 Å². The van der Waals surface area contributed by atoms with Crippen LogP contribution in [0.3, 0.4) is 0 Å². The van der Waals surface area contributed by atoms with E-state index >= 15 is 0 Å². The Balaban J connectivity index is 2.46. The highest BCUT2D eigenvalue weighted by atomic mass is 19.1. The molecule has 0 spiro atoms. The molecule has 0 saturated carbocycles. The third kappa shape index (κ3) is 1.91. The van der Waals surface area contributed by atoms with Gasteiger partial charge in [0.15, 0.2) is 0 Å². The SMILES string of the molecule is N=C(N)c1ccc(-c2ccccn2)cc1F. The van der Waals surface area contributed by atoms with Gasteiger partial charge in [-0.15, -0.1) is 0 Å². The number of halogens is 1. The van der Waals surface area contributed by atoms with Gasteiger partial charge in [-0.25, -0.2) is 4.39 Å². The Labute approximate surface area is 92.3 Å². The molecule has 4 heteroatoms. The lowest BCUT2D eigenvalue weighted by atomic mass is 10.1. The monoisotopic (exact) mass is 215 g/mol. The van der Waals surface area contributed by atoms with Gasteiger partial charge in [0.05, 0.1) is 11.3 Å². The standard InChI is InChI=1S/C12H10FN3/c13-10-7-8(4-5-9(10)12(14)15)11-3-1-2-6-16-11/h1-7H,(H3,14,15). The molecule has 0 saturated heterocycles. The van der Waals surface area contributed by atoms with E-state index in [2.05, 4.69) is 4.98 Å². The van der Waals surface area contributed by atoms with E-state index in [4.69, 9.17) is 11.1 Å². The quantitative estimate of drug-likeness (QED) is 0.595. The first kappa shape index (κ1) is 10.3. The van der Waals surface area contributed by atoms with Gasteiger partial charge in [-0.3, -0.25) is 10.4 Å². The first-order valence-electron chi connectivity index (χ1n) is 4.74. The molecule has 1 heterocycles. The number of hydrogen-bond acceptors (Lipinski definition) is 2. The van der Waals surface area contributed by atoms with Gasteiger partial charge in [0.1, 0.15) is 11.7 Å². The smallest absolute Gasteiger partial charge is 0.134 e. The van der Waals surface area contributed by atoms with E-state index in [1.807, 2.05) is 6.07 Å². The second-order valence-corrected chi connectivity index (χ2v) is 3.32. The molecule has 80 valence electrons. The van der Waals surface area contributed by atoms with Crippen LogP contribution in [0.4, 0.5) is 4.39 Å². The van der Waals surface area contributed by atoms with E-state index in [1.54, 1.807) is 24.4 Å². The van der Waals surface area contributed by atoms with Crippen LogP contribution in [0.5, 0.6) is 0 Å². The second-order valence-electron chi connectivity index (χ2n) is 3.32. The second kappa shape index (κ2) is 4.10. The van der Waals surface area contributed by atoms with Crippen LogP contribution < -0.4 is 5.73 Å². The lowest BCUT2D eigenvalue weighted by Gasteiger charge is -2.04. The topological polar surface area (TPSA) is 62.8 Å². The van der Waals surface area contributed by atoms with Gasteiger partial charge >= 0.3 is 0 Å². The summed E-state index contributed by atoms with van der Waals surface area (Å²) in [5.74, 6) is -0.777. The summed E-state index contributed by atoms with van der Waals surface area (Å²) >= 11 is 0. The highest BCUT2D eigenvalue weighted by molar-refractivity contribution is 5.95. The van der Waals surface area contributed by atoms with Crippen molar-refractivity contribution in [2.75, 3.05) is 0 Å². The van der Waals surface area contributed by atoms with Crippen LogP contribution in [-0.2, 0) is 0 Å². The van der Waals surface area contributed by atoms with Gasteiger partial charge in [0.2, 0.25) is 0 Å². The lowest BCUT2D eigenvalue weighted by molar-refractivity contribution is 0.625. The number of nitrogens with zero attached hydrogens (tertiary/aromatic N) is 1. The maximum atomic E-state index is 13.5. The minimum Gasteiger partial charge on any atom is -0.384 e. The Morgan fingerprint density at radius 2 is 2.06 bits per heavy atom. The summed E-state index contributed by atoms with van der Waals surface area (Å²) in [6.45, 7) is 0. The van der Waals surface area contributed by atoms with Crippen molar-refractivity contribution in [3.05, 3.63) is 54.0 Å². The number of pyridine rings is 1. The molecule has 3 N–H and O–H groups in total. The van der Waals surface area contributed by atoms with Crippen LogP contribution in [-0.4, -0.2) is 10.8 Å². The summed E-state index contributed by atoms with van der Waals surface area (Å²) in [5, 5.41) is 7.17. The number of benzene rings is 1. The Morgan fingerprint density at radius 1 is 1.25 bits per heavy atom. The van der Waals surface area contributed by atoms with Crippen LogP contribution in [0.15, 0.2) is 42.6 Å². The van der Waals surface area contributed by atoms with Crippen molar-refractivity contribution in [3.8, 4) is 11.3 Å². The fraction of sp³-hybridized carbons (Fsp3) is 0. The highest BCUT2D eigenvalue weighted by Gasteiger charge is 2.07. The van der Waals surface area contributed by atoms with Crippen LogP contribution in [0.1, 0.15) is 5.56 Å². The maximum Gasteiger partial charge on any atom is 0.134 e. The molecule has 0 aliphatic rings. The van der Waals surface area contributed by atoms with Crippen molar-refractivity contribution < 1.29 is 4.39 Å². The minimum atomic E-state index is -0.504. The van der Waals surface area contributed by atoms with Gasteiger partial charge in [-0.2, -0.15) is 0 Å². The van der Waals surface area contributed by atoms with E-state index in [0.717, 1.165) is 0 Å². The van der Waals surface area contributed by atoms with Gasteiger partial charge in [-0.05, 0) is 24.3 Å². The van der Waals surface area contributed by atoms with Crippen LogP contribution in [0.2, 0.25) is 0 Å². The van der Waals surface area contributed by atoms with Crippen LogP contribution >= 0.6 is 0 Å². The molecule has 0 atom stereocenters. The number of rotatable bonds is 2. The summed E-state index contributed by atoms with van der Waals surface area (Å²) in [7, 11) is 0. The number of amidine groups is 1. The third-order valence-corrected chi connectivity index (χ3v) is 2.22. The third-order valence-electron chi connectivity index (χ3n) is 2.22. The molecule has 0 aliphatic heterocycles. The summed E-state index contributed by atoms with van der Waals surface area (Å²) in [4.78, 5) is 4.11. The molecule has 2 rings (SSSR count). The predicted octanol–water partition coefficient (Wildman–Crippen LogP) is 2.17. The van der Waals surface area contributed by atoms with Gasteiger partial charge < -0.3 is 5.73 Å². The molecular weight excluding hydrogens is 205 g/mol. The molecule has 0 radical (unpaired) electrons. The summed E-state index contributed by atoms with van der Waals surface area (Å²) < 4.78 is 13.5. The largest absolute Gasteiger partial charge is 0.384 e. The molecule has 2 aromatic rings. The van der Waals surface area contributed by atoms with Crippen molar-refractivity contribution >= 4 is 5.84 Å². The predicted molar refractivity (Wildman–Crippen MR) is 60.6 cm³/mol. The normalized spacial score (nSPS) is 10.1. The molecule has 3 nitrogen and oxygen atoms in total. The number of nitrogen functional groups attached to an aromatic ring is 1. The summed E-state index contributed by atoms with van der Waals surface area (Å²) in [6, 6.07) is 9.94. The molecule has 0 fully saturated rings. The Bertz CT molecular complexity index is 523. The van der Waals surface area contributed by atoms with Crippen molar-refractivity contribution in [2.24, 2.45) is 5.73 Å². The van der Waals surface area contributed by atoms with Gasteiger partial charge in [0, 0.05) is 11.8 Å². The Kier molecular flexibility index (Phi) is 2.64. The molecule has 0 amide bonds. The van der Waals surface area contributed by atoms with E-state index in [-0.39, 0.29) is 11.4 Å². The summed E-state index contributed by atoms with van der Waals surface area (Å²) in [6.07, 6.45) is 1.64.